The second kappa shape index (κ2) is 10.1. The fourth-order valence-corrected chi connectivity index (χ4v) is 3.27. The standard InChI is InChI=1S/C24H32F3N3O/c1-6-30(7-2)21-14-19(12-13-20(21)29-22(31)15-23(3,4)5)28-16-17-8-10-18(11-9-17)24(25,26)27/h8-14,28H,6-7,15-16H2,1-5H3,(H,29,31). The largest absolute Gasteiger partial charge is 0.416 e. The summed E-state index contributed by atoms with van der Waals surface area (Å²) in [6.07, 6.45) is -3.92. The number of amides is 1. The molecule has 1 amide bonds. The van der Waals surface area contributed by atoms with Crippen LogP contribution in [-0.2, 0) is 17.5 Å². The Balaban J connectivity index is 2.17. The number of rotatable bonds is 8. The second-order valence-electron chi connectivity index (χ2n) is 8.74. The van der Waals surface area contributed by atoms with Gasteiger partial charge in [0, 0.05) is 31.7 Å². The van der Waals surface area contributed by atoms with Gasteiger partial charge in [0.2, 0.25) is 5.91 Å². The summed E-state index contributed by atoms with van der Waals surface area (Å²) in [5.74, 6) is -0.0358. The summed E-state index contributed by atoms with van der Waals surface area (Å²) in [6, 6.07) is 10.8. The third-order valence-corrected chi connectivity index (χ3v) is 4.84. The molecule has 31 heavy (non-hydrogen) atoms. The van der Waals surface area contributed by atoms with Crippen LogP contribution in [0.4, 0.5) is 30.2 Å². The molecule has 0 spiro atoms. The molecule has 0 aliphatic carbocycles. The molecule has 2 aromatic rings. The van der Waals surface area contributed by atoms with Gasteiger partial charge in [-0.25, -0.2) is 0 Å². The van der Waals surface area contributed by atoms with E-state index in [0.29, 0.717) is 13.0 Å². The monoisotopic (exact) mass is 435 g/mol. The molecule has 2 rings (SSSR count). The second-order valence-corrected chi connectivity index (χ2v) is 8.74. The quantitative estimate of drug-likeness (QED) is 0.495. The highest BCUT2D eigenvalue weighted by molar-refractivity contribution is 5.95. The summed E-state index contributed by atoms with van der Waals surface area (Å²) in [5, 5.41) is 6.28. The van der Waals surface area contributed by atoms with Gasteiger partial charge in [-0.2, -0.15) is 13.2 Å². The number of carbonyl (C=O) groups is 1. The van der Waals surface area contributed by atoms with Crippen molar-refractivity contribution in [3.8, 4) is 0 Å². The highest BCUT2D eigenvalue weighted by Crippen LogP contribution is 2.32. The number of halogens is 3. The predicted molar refractivity (Wildman–Crippen MR) is 121 cm³/mol. The van der Waals surface area contributed by atoms with Crippen LogP contribution in [0, 0.1) is 5.41 Å². The number of carbonyl (C=O) groups excluding carboxylic acids is 1. The zero-order valence-corrected chi connectivity index (χ0v) is 18.9. The maximum absolute atomic E-state index is 12.7. The number of hydrogen-bond acceptors (Lipinski definition) is 3. The highest BCUT2D eigenvalue weighted by atomic mass is 19.4. The summed E-state index contributed by atoms with van der Waals surface area (Å²) in [5.41, 5.74) is 2.47. The Bertz CT molecular complexity index is 867. The van der Waals surface area contributed by atoms with Crippen LogP contribution in [0.1, 0.15) is 52.2 Å². The molecule has 2 N–H and O–H groups in total. The van der Waals surface area contributed by atoms with Crippen molar-refractivity contribution < 1.29 is 18.0 Å². The first kappa shape index (κ1) is 24.6. The third kappa shape index (κ3) is 7.49. The molecule has 7 heteroatoms. The van der Waals surface area contributed by atoms with Crippen LogP contribution in [-0.4, -0.2) is 19.0 Å². The third-order valence-electron chi connectivity index (χ3n) is 4.84. The summed E-state index contributed by atoms with van der Waals surface area (Å²) in [7, 11) is 0. The van der Waals surface area contributed by atoms with Crippen molar-refractivity contribution in [3.63, 3.8) is 0 Å². The van der Waals surface area contributed by atoms with E-state index in [0.717, 1.165) is 47.8 Å². The Kier molecular flexibility index (Phi) is 7.98. The van der Waals surface area contributed by atoms with Crippen molar-refractivity contribution in [1.29, 1.82) is 0 Å². The molecule has 0 unspecified atom stereocenters. The van der Waals surface area contributed by atoms with Gasteiger partial charge >= 0.3 is 6.18 Å². The van der Waals surface area contributed by atoms with Crippen LogP contribution in [0.25, 0.3) is 0 Å². The summed E-state index contributed by atoms with van der Waals surface area (Å²) in [6.45, 7) is 12.1. The molecule has 0 fully saturated rings. The Morgan fingerprint density at radius 2 is 1.58 bits per heavy atom. The smallest absolute Gasteiger partial charge is 0.381 e. The molecule has 0 saturated heterocycles. The van der Waals surface area contributed by atoms with E-state index in [9.17, 15) is 18.0 Å². The molecule has 0 bridgehead atoms. The van der Waals surface area contributed by atoms with E-state index >= 15 is 0 Å². The lowest BCUT2D eigenvalue weighted by molar-refractivity contribution is -0.137. The lowest BCUT2D eigenvalue weighted by atomic mass is 9.92. The molecule has 0 atom stereocenters. The van der Waals surface area contributed by atoms with Crippen molar-refractivity contribution >= 4 is 23.0 Å². The Morgan fingerprint density at radius 3 is 2.10 bits per heavy atom. The van der Waals surface area contributed by atoms with Crippen molar-refractivity contribution in [3.05, 3.63) is 53.6 Å². The van der Waals surface area contributed by atoms with E-state index in [1.807, 2.05) is 52.8 Å². The van der Waals surface area contributed by atoms with E-state index in [4.69, 9.17) is 0 Å². The van der Waals surface area contributed by atoms with Crippen molar-refractivity contribution in [1.82, 2.24) is 0 Å². The number of benzene rings is 2. The highest BCUT2D eigenvalue weighted by Gasteiger charge is 2.29. The van der Waals surface area contributed by atoms with E-state index < -0.39 is 11.7 Å². The minimum atomic E-state index is -4.34. The fourth-order valence-electron chi connectivity index (χ4n) is 3.27. The maximum atomic E-state index is 12.7. The first-order valence-electron chi connectivity index (χ1n) is 10.5. The van der Waals surface area contributed by atoms with Gasteiger partial charge in [0.05, 0.1) is 16.9 Å². The van der Waals surface area contributed by atoms with Gasteiger partial charge in [-0.15, -0.1) is 0 Å². The van der Waals surface area contributed by atoms with E-state index in [1.54, 1.807) is 0 Å². The van der Waals surface area contributed by atoms with Gasteiger partial charge in [0.15, 0.2) is 0 Å². The fraction of sp³-hybridized carbons (Fsp3) is 0.458. The number of hydrogen-bond donors (Lipinski definition) is 2. The zero-order valence-electron chi connectivity index (χ0n) is 18.9. The van der Waals surface area contributed by atoms with Crippen LogP contribution in [0.3, 0.4) is 0 Å². The number of anilines is 3. The molecular weight excluding hydrogens is 403 g/mol. The van der Waals surface area contributed by atoms with Gasteiger partial charge in [-0.05, 0) is 55.2 Å². The molecule has 0 aromatic heterocycles. The van der Waals surface area contributed by atoms with Crippen LogP contribution in [0.5, 0.6) is 0 Å². The van der Waals surface area contributed by atoms with Crippen LogP contribution < -0.4 is 15.5 Å². The number of nitrogens with one attached hydrogen (secondary N) is 2. The summed E-state index contributed by atoms with van der Waals surface area (Å²) < 4.78 is 38.2. The Hall–Kier alpha value is -2.70. The normalized spacial score (nSPS) is 11.9. The molecular formula is C24H32F3N3O. The predicted octanol–water partition coefficient (Wildman–Crippen LogP) is 6.54. The number of nitrogens with zero attached hydrogens (tertiary/aromatic N) is 1. The number of alkyl halides is 3. The molecule has 0 saturated carbocycles. The van der Waals surface area contributed by atoms with Crippen LogP contribution in [0.15, 0.2) is 42.5 Å². The van der Waals surface area contributed by atoms with Gasteiger partial charge < -0.3 is 15.5 Å². The van der Waals surface area contributed by atoms with Gasteiger partial charge in [-0.1, -0.05) is 32.9 Å². The minimum absolute atomic E-state index is 0.0358. The zero-order chi connectivity index (χ0) is 23.2. The van der Waals surface area contributed by atoms with E-state index in [1.165, 1.54) is 12.1 Å². The average molecular weight is 436 g/mol. The topological polar surface area (TPSA) is 44.4 Å². The molecule has 4 nitrogen and oxygen atoms in total. The van der Waals surface area contributed by atoms with Gasteiger partial charge in [0.1, 0.15) is 0 Å². The molecule has 0 radical (unpaired) electrons. The van der Waals surface area contributed by atoms with E-state index in [2.05, 4.69) is 15.5 Å². The average Bonchev–Trinajstić information content (AvgIpc) is 2.67. The lowest BCUT2D eigenvalue weighted by Gasteiger charge is -2.26. The summed E-state index contributed by atoms with van der Waals surface area (Å²) in [4.78, 5) is 14.6. The molecule has 2 aromatic carbocycles. The molecule has 170 valence electrons. The first-order valence-corrected chi connectivity index (χ1v) is 10.5. The van der Waals surface area contributed by atoms with Crippen molar-refractivity contribution in [2.45, 2.75) is 53.8 Å². The molecule has 0 aliphatic heterocycles. The Morgan fingerprint density at radius 1 is 0.968 bits per heavy atom. The van der Waals surface area contributed by atoms with Gasteiger partial charge in [-0.3, -0.25) is 4.79 Å². The SMILES string of the molecule is CCN(CC)c1cc(NCc2ccc(C(F)(F)F)cc2)ccc1NC(=O)CC(C)(C)C. The van der Waals surface area contributed by atoms with Gasteiger partial charge in [0.25, 0.3) is 0 Å². The maximum Gasteiger partial charge on any atom is 0.416 e. The summed E-state index contributed by atoms with van der Waals surface area (Å²) >= 11 is 0. The van der Waals surface area contributed by atoms with Crippen LogP contribution in [0.2, 0.25) is 0 Å². The molecule has 0 heterocycles. The minimum Gasteiger partial charge on any atom is -0.381 e. The van der Waals surface area contributed by atoms with E-state index in [-0.39, 0.29) is 11.3 Å². The molecule has 0 aliphatic rings. The lowest BCUT2D eigenvalue weighted by Crippen LogP contribution is -2.25. The Labute approximate surface area is 182 Å². The van der Waals surface area contributed by atoms with Crippen molar-refractivity contribution in [2.24, 2.45) is 5.41 Å². The van der Waals surface area contributed by atoms with Crippen LogP contribution >= 0.6 is 0 Å². The first-order chi connectivity index (χ1) is 14.4. The van der Waals surface area contributed by atoms with Crippen molar-refractivity contribution in [2.75, 3.05) is 28.6 Å².